The van der Waals surface area contributed by atoms with Crippen LogP contribution in [-0.4, -0.2) is 34.0 Å². The van der Waals surface area contributed by atoms with E-state index in [4.69, 9.17) is 0 Å². The summed E-state index contributed by atoms with van der Waals surface area (Å²) in [5.74, 6) is -0.0471. The zero-order valence-corrected chi connectivity index (χ0v) is 13.0. The fraction of sp³-hybridized carbons (Fsp3) is 0.500. The molecular formula is C14H21N3O3S. The van der Waals surface area contributed by atoms with Crippen molar-refractivity contribution in [3.63, 3.8) is 0 Å². The summed E-state index contributed by atoms with van der Waals surface area (Å²) in [5.41, 5.74) is 0.322. The molecule has 0 bridgehead atoms. The zero-order chi connectivity index (χ0) is 15.5. The summed E-state index contributed by atoms with van der Waals surface area (Å²) < 4.78 is 26.7. The first-order valence-corrected chi connectivity index (χ1v) is 8.54. The number of sulfonamides is 1. The molecule has 1 saturated heterocycles. The Labute approximate surface area is 125 Å². The molecule has 0 radical (unpaired) electrons. The smallest absolute Gasteiger partial charge is 0.242 e. The van der Waals surface area contributed by atoms with Crippen molar-refractivity contribution in [1.82, 2.24) is 10.0 Å². The molecule has 1 heterocycles. The second-order valence-electron chi connectivity index (χ2n) is 5.23. The van der Waals surface area contributed by atoms with Gasteiger partial charge >= 0.3 is 0 Å². The van der Waals surface area contributed by atoms with Crippen LogP contribution < -0.4 is 15.4 Å². The molecule has 1 aliphatic heterocycles. The Morgan fingerprint density at radius 2 is 2.05 bits per heavy atom. The number of amides is 1. The van der Waals surface area contributed by atoms with Crippen molar-refractivity contribution >= 4 is 21.6 Å². The minimum Gasteiger partial charge on any atom is -0.325 e. The Bertz CT molecular complexity index is 616. The van der Waals surface area contributed by atoms with Gasteiger partial charge in [-0.1, -0.05) is 26.0 Å². The van der Waals surface area contributed by atoms with Gasteiger partial charge in [0, 0.05) is 13.1 Å². The number of para-hydroxylation sites is 1. The summed E-state index contributed by atoms with van der Waals surface area (Å²) >= 11 is 0. The van der Waals surface area contributed by atoms with Crippen LogP contribution in [0.3, 0.4) is 0 Å². The summed E-state index contributed by atoms with van der Waals surface area (Å²) in [6.07, 6.45) is 0. The maximum absolute atomic E-state index is 12.3. The highest BCUT2D eigenvalue weighted by molar-refractivity contribution is 7.89. The van der Waals surface area contributed by atoms with E-state index in [0.717, 1.165) is 6.54 Å². The third kappa shape index (κ3) is 3.61. The van der Waals surface area contributed by atoms with Gasteiger partial charge in [0.15, 0.2) is 0 Å². The Balaban J connectivity index is 2.23. The molecule has 0 aromatic heterocycles. The van der Waals surface area contributed by atoms with Crippen LogP contribution in [0.5, 0.6) is 0 Å². The third-order valence-corrected chi connectivity index (χ3v) is 5.23. The molecule has 0 spiro atoms. The van der Waals surface area contributed by atoms with Crippen LogP contribution >= 0.6 is 0 Å². The Kier molecular flexibility index (Phi) is 4.97. The predicted molar refractivity (Wildman–Crippen MR) is 81.5 cm³/mol. The Morgan fingerprint density at radius 1 is 1.33 bits per heavy atom. The third-order valence-electron chi connectivity index (χ3n) is 3.62. The quantitative estimate of drug-likeness (QED) is 0.750. The molecule has 116 valence electrons. The topological polar surface area (TPSA) is 87.3 Å². The van der Waals surface area contributed by atoms with Gasteiger partial charge in [0.25, 0.3) is 0 Å². The maximum atomic E-state index is 12.3. The van der Waals surface area contributed by atoms with Crippen molar-refractivity contribution in [3.05, 3.63) is 24.3 Å². The van der Waals surface area contributed by atoms with E-state index in [1.165, 1.54) is 6.07 Å². The van der Waals surface area contributed by atoms with E-state index in [2.05, 4.69) is 15.4 Å². The average Bonchev–Trinajstić information content (AvgIpc) is 2.85. The number of benzene rings is 1. The van der Waals surface area contributed by atoms with Crippen LogP contribution in [0.4, 0.5) is 5.69 Å². The van der Waals surface area contributed by atoms with Crippen LogP contribution in [0.25, 0.3) is 0 Å². The lowest BCUT2D eigenvalue weighted by Crippen LogP contribution is -2.30. The van der Waals surface area contributed by atoms with Gasteiger partial charge in [-0.25, -0.2) is 13.1 Å². The highest BCUT2D eigenvalue weighted by Crippen LogP contribution is 2.23. The van der Waals surface area contributed by atoms with Gasteiger partial charge in [0.2, 0.25) is 15.9 Å². The molecule has 7 heteroatoms. The monoisotopic (exact) mass is 311 g/mol. The van der Waals surface area contributed by atoms with Crippen molar-refractivity contribution in [2.45, 2.75) is 18.7 Å². The molecule has 1 aromatic carbocycles. The fourth-order valence-electron chi connectivity index (χ4n) is 2.46. The maximum Gasteiger partial charge on any atom is 0.242 e. The lowest BCUT2D eigenvalue weighted by atomic mass is 9.97. The minimum absolute atomic E-state index is 0.0961. The van der Waals surface area contributed by atoms with Crippen LogP contribution in [-0.2, 0) is 14.8 Å². The summed E-state index contributed by atoms with van der Waals surface area (Å²) in [4.78, 5) is 12.4. The summed E-state index contributed by atoms with van der Waals surface area (Å²) in [5, 5.41) is 5.91. The molecule has 1 amide bonds. The summed E-state index contributed by atoms with van der Waals surface area (Å²) in [7, 11) is -3.60. The zero-order valence-electron chi connectivity index (χ0n) is 12.2. The Morgan fingerprint density at radius 3 is 2.67 bits per heavy atom. The van der Waals surface area contributed by atoms with Gasteiger partial charge in [-0.05, 0) is 24.6 Å². The van der Waals surface area contributed by atoms with Crippen molar-refractivity contribution in [2.24, 2.45) is 11.8 Å². The number of hydrogen-bond acceptors (Lipinski definition) is 4. The van der Waals surface area contributed by atoms with Crippen molar-refractivity contribution in [1.29, 1.82) is 0 Å². The van der Waals surface area contributed by atoms with Crippen LogP contribution in [0.2, 0.25) is 0 Å². The average molecular weight is 311 g/mol. The number of carbonyl (C=O) groups is 1. The van der Waals surface area contributed by atoms with Gasteiger partial charge in [-0.2, -0.15) is 0 Å². The van der Waals surface area contributed by atoms with Gasteiger partial charge in [-0.3, -0.25) is 4.79 Å². The lowest BCUT2D eigenvalue weighted by molar-refractivity contribution is -0.120. The fourth-order valence-corrected chi connectivity index (χ4v) is 3.66. The molecule has 0 aliphatic carbocycles. The van der Waals surface area contributed by atoms with E-state index in [1.807, 2.05) is 6.92 Å². The highest BCUT2D eigenvalue weighted by atomic mass is 32.2. The standard InChI is InChI=1S/C14H21N3O3S/c1-3-16-21(19,20)13-7-5-4-6-12(13)17-14(18)11-9-15-8-10(11)2/h4-7,10-11,15-16H,3,8-9H2,1-2H3,(H,17,18). The van der Waals surface area contributed by atoms with Crippen molar-refractivity contribution in [3.8, 4) is 0 Å². The summed E-state index contributed by atoms with van der Waals surface area (Å²) in [6.45, 7) is 5.44. The van der Waals surface area contributed by atoms with Crippen molar-refractivity contribution < 1.29 is 13.2 Å². The van der Waals surface area contributed by atoms with Gasteiger partial charge < -0.3 is 10.6 Å². The van der Waals surface area contributed by atoms with Crippen LogP contribution in [0, 0.1) is 11.8 Å². The lowest BCUT2D eigenvalue weighted by Gasteiger charge is -2.16. The highest BCUT2D eigenvalue weighted by Gasteiger charge is 2.30. The van der Waals surface area contributed by atoms with Crippen LogP contribution in [0.1, 0.15) is 13.8 Å². The number of hydrogen-bond donors (Lipinski definition) is 3. The number of anilines is 1. The molecule has 3 N–H and O–H groups in total. The number of rotatable bonds is 5. The number of carbonyl (C=O) groups excluding carboxylic acids is 1. The second-order valence-corrected chi connectivity index (χ2v) is 6.96. The molecule has 0 saturated carbocycles. The van der Waals surface area contributed by atoms with E-state index in [9.17, 15) is 13.2 Å². The largest absolute Gasteiger partial charge is 0.325 e. The van der Waals surface area contributed by atoms with Gasteiger partial charge in [0.05, 0.1) is 11.6 Å². The van der Waals surface area contributed by atoms with Gasteiger partial charge in [-0.15, -0.1) is 0 Å². The SMILES string of the molecule is CCNS(=O)(=O)c1ccccc1NC(=O)C1CNCC1C. The number of nitrogens with one attached hydrogen (secondary N) is 3. The predicted octanol–water partition coefficient (Wildman–Crippen LogP) is 0.779. The van der Waals surface area contributed by atoms with Gasteiger partial charge in [0.1, 0.15) is 4.90 Å². The molecule has 1 aliphatic rings. The van der Waals surface area contributed by atoms with E-state index in [1.54, 1.807) is 25.1 Å². The first-order chi connectivity index (χ1) is 9.95. The van der Waals surface area contributed by atoms with E-state index < -0.39 is 10.0 Å². The molecule has 6 nitrogen and oxygen atoms in total. The molecule has 2 rings (SSSR count). The molecule has 1 fully saturated rings. The summed E-state index contributed by atoms with van der Waals surface area (Å²) in [6, 6.07) is 6.44. The molecular weight excluding hydrogens is 290 g/mol. The molecule has 21 heavy (non-hydrogen) atoms. The normalized spacial score (nSPS) is 22.2. The first kappa shape index (κ1) is 15.9. The molecule has 2 unspecified atom stereocenters. The van der Waals surface area contributed by atoms with Crippen molar-refractivity contribution in [2.75, 3.05) is 25.0 Å². The van der Waals surface area contributed by atoms with E-state index >= 15 is 0 Å². The minimum atomic E-state index is -3.60. The molecule has 1 aromatic rings. The van der Waals surface area contributed by atoms with E-state index in [0.29, 0.717) is 18.8 Å². The first-order valence-electron chi connectivity index (χ1n) is 7.06. The molecule has 2 atom stereocenters. The Hall–Kier alpha value is -1.44. The van der Waals surface area contributed by atoms with E-state index in [-0.39, 0.29) is 22.6 Å². The van der Waals surface area contributed by atoms with Crippen LogP contribution in [0.15, 0.2) is 29.2 Å². The second kappa shape index (κ2) is 6.55.